The summed E-state index contributed by atoms with van der Waals surface area (Å²) in [6.07, 6.45) is 3.98. The molecule has 0 aliphatic carbocycles. The van der Waals surface area contributed by atoms with Crippen LogP contribution >= 0.6 is 0 Å². The molecule has 4 aliphatic heterocycles. The summed E-state index contributed by atoms with van der Waals surface area (Å²) in [6, 6.07) is 2.22. The van der Waals surface area contributed by atoms with Crippen LogP contribution in [-0.2, 0) is 18.9 Å². The van der Waals surface area contributed by atoms with E-state index in [0.29, 0.717) is 13.0 Å². The van der Waals surface area contributed by atoms with E-state index in [1.807, 2.05) is 0 Å². The largest absolute Gasteiger partial charge is 0.488 e. The molecule has 0 aromatic heterocycles. The standard InChI is InChI=1S/C14H17NO4/c15-5-4-8-9(7-17-10-3-1-2-6-16-10)12-14-13(19-14)11(8)18-12/h9-10,12-14H,1-4,6-7H2. The molecule has 0 aromatic rings. The summed E-state index contributed by atoms with van der Waals surface area (Å²) in [5.74, 6) is 1.08. The summed E-state index contributed by atoms with van der Waals surface area (Å²) in [6.45, 7) is 1.36. The Morgan fingerprint density at radius 3 is 3.05 bits per heavy atom. The minimum absolute atomic E-state index is 0.0620. The summed E-state index contributed by atoms with van der Waals surface area (Å²) in [5.41, 5.74) is 1.09. The first-order chi connectivity index (χ1) is 9.38. The first-order valence-corrected chi connectivity index (χ1v) is 7.03. The molecule has 4 rings (SSSR count). The highest BCUT2D eigenvalue weighted by Crippen LogP contribution is 2.54. The van der Waals surface area contributed by atoms with Crippen LogP contribution in [0.4, 0.5) is 0 Å². The van der Waals surface area contributed by atoms with Crippen molar-refractivity contribution in [2.45, 2.75) is 50.3 Å². The van der Waals surface area contributed by atoms with Gasteiger partial charge < -0.3 is 18.9 Å². The fourth-order valence-corrected chi connectivity index (χ4v) is 3.37. The average molecular weight is 263 g/mol. The molecule has 5 heteroatoms. The Labute approximate surface area is 112 Å². The highest BCUT2D eigenvalue weighted by atomic mass is 16.7. The number of rotatable bonds is 4. The Bertz CT molecular complexity index is 449. The van der Waals surface area contributed by atoms with E-state index in [4.69, 9.17) is 24.2 Å². The van der Waals surface area contributed by atoms with Crippen molar-refractivity contribution in [3.05, 3.63) is 11.3 Å². The van der Waals surface area contributed by atoms with E-state index in [1.165, 1.54) is 0 Å². The lowest BCUT2D eigenvalue weighted by Crippen LogP contribution is -2.32. The zero-order valence-corrected chi connectivity index (χ0v) is 10.7. The summed E-state index contributed by atoms with van der Waals surface area (Å²) < 4.78 is 22.8. The molecule has 5 unspecified atom stereocenters. The van der Waals surface area contributed by atoms with Gasteiger partial charge in [-0.05, 0) is 24.8 Å². The molecule has 3 fully saturated rings. The predicted molar refractivity (Wildman–Crippen MR) is 63.8 cm³/mol. The van der Waals surface area contributed by atoms with Crippen molar-refractivity contribution >= 4 is 0 Å². The zero-order chi connectivity index (χ0) is 12.8. The Kier molecular flexibility index (Phi) is 2.76. The summed E-state index contributed by atoms with van der Waals surface area (Å²) in [5, 5.41) is 8.94. The van der Waals surface area contributed by atoms with Gasteiger partial charge in [-0.25, -0.2) is 0 Å². The molecule has 5 atom stereocenters. The van der Waals surface area contributed by atoms with E-state index in [-0.39, 0.29) is 30.5 Å². The van der Waals surface area contributed by atoms with Gasteiger partial charge in [-0.3, -0.25) is 0 Å². The molecule has 0 spiro atoms. The summed E-state index contributed by atoms with van der Waals surface area (Å²) in [7, 11) is 0. The normalized spacial score (nSPS) is 42.8. The SMILES string of the molecule is N#CCC1=C2OC(C1COC1CCCCO1)C1OC21. The molecule has 0 N–H and O–H groups in total. The van der Waals surface area contributed by atoms with Crippen molar-refractivity contribution in [3.8, 4) is 6.07 Å². The van der Waals surface area contributed by atoms with Crippen molar-refractivity contribution in [3.63, 3.8) is 0 Å². The van der Waals surface area contributed by atoms with Gasteiger partial charge in [0.25, 0.3) is 0 Å². The zero-order valence-electron chi connectivity index (χ0n) is 10.7. The maximum Gasteiger partial charge on any atom is 0.157 e. The number of nitriles is 1. The quantitative estimate of drug-likeness (QED) is 0.719. The van der Waals surface area contributed by atoms with Gasteiger partial charge in [0, 0.05) is 12.5 Å². The molecular weight excluding hydrogens is 246 g/mol. The fraction of sp³-hybridized carbons (Fsp3) is 0.786. The molecule has 2 bridgehead atoms. The monoisotopic (exact) mass is 263 g/mol. The van der Waals surface area contributed by atoms with Crippen LogP contribution in [0.3, 0.4) is 0 Å². The third kappa shape index (κ3) is 1.86. The third-order valence-corrected chi connectivity index (χ3v) is 4.40. The van der Waals surface area contributed by atoms with Crippen molar-refractivity contribution in [1.82, 2.24) is 0 Å². The molecule has 19 heavy (non-hydrogen) atoms. The van der Waals surface area contributed by atoms with Gasteiger partial charge in [-0.2, -0.15) is 5.26 Å². The van der Waals surface area contributed by atoms with E-state index in [1.54, 1.807) is 0 Å². The maximum atomic E-state index is 8.94. The van der Waals surface area contributed by atoms with Gasteiger partial charge in [0.15, 0.2) is 6.29 Å². The Morgan fingerprint density at radius 1 is 1.32 bits per heavy atom. The minimum atomic E-state index is -0.0860. The second kappa shape index (κ2) is 4.48. The van der Waals surface area contributed by atoms with Crippen LogP contribution in [0.25, 0.3) is 0 Å². The molecule has 0 aromatic carbocycles. The Hall–Kier alpha value is -1.09. The highest BCUT2D eigenvalue weighted by molar-refractivity contribution is 5.37. The fourth-order valence-electron chi connectivity index (χ4n) is 3.37. The lowest BCUT2D eigenvalue weighted by molar-refractivity contribution is -0.170. The lowest BCUT2D eigenvalue weighted by Gasteiger charge is -2.26. The molecular formula is C14H17NO4. The first kappa shape index (κ1) is 11.7. The smallest absolute Gasteiger partial charge is 0.157 e. The van der Waals surface area contributed by atoms with Gasteiger partial charge in [0.2, 0.25) is 0 Å². The van der Waals surface area contributed by atoms with Crippen molar-refractivity contribution in [2.24, 2.45) is 5.92 Å². The number of hydrogen-bond acceptors (Lipinski definition) is 5. The molecule has 102 valence electrons. The van der Waals surface area contributed by atoms with Crippen molar-refractivity contribution in [2.75, 3.05) is 13.2 Å². The predicted octanol–water partition coefficient (Wildman–Crippen LogP) is 1.49. The van der Waals surface area contributed by atoms with Crippen LogP contribution < -0.4 is 0 Å². The van der Waals surface area contributed by atoms with Crippen molar-refractivity contribution < 1.29 is 18.9 Å². The van der Waals surface area contributed by atoms with E-state index in [9.17, 15) is 0 Å². The van der Waals surface area contributed by atoms with Crippen LogP contribution in [-0.4, -0.2) is 37.8 Å². The Balaban J connectivity index is 1.42. The highest BCUT2D eigenvalue weighted by Gasteiger charge is 2.64. The molecule has 4 aliphatic rings. The van der Waals surface area contributed by atoms with E-state index < -0.39 is 0 Å². The number of ether oxygens (including phenoxy) is 4. The van der Waals surface area contributed by atoms with Gasteiger partial charge >= 0.3 is 0 Å². The van der Waals surface area contributed by atoms with E-state index in [0.717, 1.165) is 37.2 Å². The third-order valence-electron chi connectivity index (χ3n) is 4.40. The molecule has 4 heterocycles. The maximum absolute atomic E-state index is 8.94. The van der Waals surface area contributed by atoms with E-state index >= 15 is 0 Å². The topological polar surface area (TPSA) is 64.0 Å². The summed E-state index contributed by atoms with van der Waals surface area (Å²) in [4.78, 5) is 0. The number of fused-ring (bicyclic) bond motifs is 5. The molecule has 0 amide bonds. The molecule has 0 saturated carbocycles. The van der Waals surface area contributed by atoms with E-state index in [2.05, 4.69) is 6.07 Å². The molecule has 0 radical (unpaired) electrons. The second-order valence-corrected chi connectivity index (χ2v) is 5.56. The minimum Gasteiger partial charge on any atom is -0.488 e. The first-order valence-electron chi connectivity index (χ1n) is 7.03. The molecule has 5 nitrogen and oxygen atoms in total. The average Bonchev–Trinajstić information content (AvgIpc) is 3.08. The second-order valence-electron chi connectivity index (χ2n) is 5.56. The van der Waals surface area contributed by atoms with Gasteiger partial charge in [0.05, 0.1) is 19.1 Å². The van der Waals surface area contributed by atoms with Crippen LogP contribution in [0.2, 0.25) is 0 Å². The van der Waals surface area contributed by atoms with Crippen LogP contribution in [0, 0.1) is 17.2 Å². The van der Waals surface area contributed by atoms with Crippen LogP contribution in [0.15, 0.2) is 11.3 Å². The Morgan fingerprint density at radius 2 is 2.26 bits per heavy atom. The lowest BCUT2D eigenvalue weighted by atomic mass is 9.86. The van der Waals surface area contributed by atoms with Gasteiger partial charge in [0.1, 0.15) is 24.1 Å². The van der Waals surface area contributed by atoms with Gasteiger partial charge in [-0.15, -0.1) is 0 Å². The van der Waals surface area contributed by atoms with Gasteiger partial charge in [-0.1, -0.05) is 0 Å². The number of hydrogen-bond donors (Lipinski definition) is 0. The van der Waals surface area contributed by atoms with Crippen LogP contribution in [0.1, 0.15) is 25.7 Å². The van der Waals surface area contributed by atoms with Crippen molar-refractivity contribution in [1.29, 1.82) is 5.26 Å². The number of epoxide rings is 1. The summed E-state index contributed by atoms with van der Waals surface area (Å²) >= 11 is 0. The molecule has 3 saturated heterocycles. The van der Waals surface area contributed by atoms with Crippen LogP contribution in [0.5, 0.6) is 0 Å². The number of nitrogens with zero attached hydrogens (tertiary/aromatic N) is 1.